The Balaban J connectivity index is 2.04. The van der Waals surface area contributed by atoms with Crippen LogP contribution in [0.1, 0.15) is 44.9 Å². The van der Waals surface area contributed by atoms with Crippen LogP contribution in [0.25, 0.3) is 0 Å². The molecular weight excluding hydrogens is 216 g/mol. The van der Waals surface area contributed by atoms with Gasteiger partial charge in [0.1, 0.15) is 0 Å². The Kier molecular flexibility index (Phi) is 2.61. The maximum atomic E-state index is 11.7. The number of ether oxygens (including phenoxy) is 1. The van der Waals surface area contributed by atoms with E-state index >= 15 is 0 Å². The SMILES string of the molecule is O=C1OC(=O)C2CCCC(C3=CCCCC3)=C12. The minimum atomic E-state index is -0.388. The second-order valence-corrected chi connectivity index (χ2v) is 5.02. The van der Waals surface area contributed by atoms with E-state index in [0.717, 1.165) is 37.7 Å². The third kappa shape index (κ3) is 1.74. The van der Waals surface area contributed by atoms with E-state index in [1.807, 2.05) is 0 Å². The van der Waals surface area contributed by atoms with Crippen LogP contribution in [0.4, 0.5) is 0 Å². The van der Waals surface area contributed by atoms with Gasteiger partial charge in [0.05, 0.1) is 11.5 Å². The molecule has 3 heteroatoms. The van der Waals surface area contributed by atoms with Crippen molar-refractivity contribution in [3.8, 4) is 0 Å². The summed E-state index contributed by atoms with van der Waals surface area (Å²) in [4.78, 5) is 23.3. The van der Waals surface area contributed by atoms with E-state index in [-0.39, 0.29) is 17.9 Å². The lowest BCUT2D eigenvalue weighted by Crippen LogP contribution is -2.16. The van der Waals surface area contributed by atoms with Gasteiger partial charge in [-0.1, -0.05) is 6.08 Å². The van der Waals surface area contributed by atoms with Crippen molar-refractivity contribution in [3.63, 3.8) is 0 Å². The summed E-state index contributed by atoms with van der Waals surface area (Å²) in [6, 6.07) is 0. The van der Waals surface area contributed by atoms with Gasteiger partial charge in [-0.05, 0) is 56.1 Å². The van der Waals surface area contributed by atoms with Crippen LogP contribution in [0.15, 0.2) is 22.8 Å². The van der Waals surface area contributed by atoms with Crippen LogP contribution in [0.5, 0.6) is 0 Å². The maximum Gasteiger partial charge on any atom is 0.342 e. The molecule has 1 unspecified atom stereocenters. The van der Waals surface area contributed by atoms with Crippen molar-refractivity contribution in [1.29, 1.82) is 0 Å². The molecule has 0 aromatic carbocycles. The van der Waals surface area contributed by atoms with Crippen molar-refractivity contribution in [2.75, 3.05) is 0 Å². The number of hydrogen-bond donors (Lipinski definition) is 0. The molecular formula is C14H16O3. The highest BCUT2D eigenvalue weighted by Gasteiger charge is 2.43. The topological polar surface area (TPSA) is 43.4 Å². The molecule has 0 radical (unpaired) electrons. The second-order valence-electron chi connectivity index (χ2n) is 5.02. The Morgan fingerprint density at radius 2 is 2.00 bits per heavy atom. The van der Waals surface area contributed by atoms with E-state index in [2.05, 4.69) is 6.08 Å². The summed E-state index contributed by atoms with van der Waals surface area (Å²) in [6.07, 6.45) is 9.51. The number of carbonyl (C=O) groups excluding carboxylic acids is 2. The van der Waals surface area contributed by atoms with Gasteiger partial charge in [-0.25, -0.2) is 4.79 Å². The Labute approximate surface area is 101 Å². The number of esters is 2. The number of fused-ring (bicyclic) bond motifs is 1. The molecule has 0 saturated carbocycles. The largest absolute Gasteiger partial charge is 0.389 e. The molecule has 0 spiro atoms. The molecule has 1 fully saturated rings. The molecule has 0 aromatic rings. The summed E-state index contributed by atoms with van der Waals surface area (Å²) < 4.78 is 4.77. The molecule has 2 aliphatic carbocycles. The number of carbonyl (C=O) groups is 2. The van der Waals surface area contributed by atoms with E-state index in [1.165, 1.54) is 18.4 Å². The third-order valence-electron chi connectivity index (χ3n) is 3.97. The third-order valence-corrected chi connectivity index (χ3v) is 3.97. The monoisotopic (exact) mass is 232 g/mol. The molecule has 1 aliphatic heterocycles. The fourth-order valence-corrected chi connectivity index (χ4v) is 3.14. The van der Waals surface area contributed by atoms with Crippen molar-refractivity contribution in [1.82, 2.24) is 0 Å². The van der Waals surface area contributed by atoms with E-state index in [9.17, 15) is 9.59 Å². The van der Waals surface area contributed by atoms with Gasteiger partial charge < -0.3 is 4.74 Å². The first-order valence-electron chi connectivity index (χ1n) is 6.46. The lowest BCUT2D eigenvalue weighted by Gasteiger charge is -2.23. The fraction of sp³-hybridized carbons (Fsp3) is 0.571. The highest BCUT2D eigenvalue weighted by atomic mass is 16.6. The Bertz CT molecular complexity index is 442. The second kappa shape index (κ2) is 4.13. The molecule has 3 rings (SSSR count). The van der Waals surface area contributed by atoms with Gasteiger partial charge in [-0.15, -0.1) is 0 Å². The molecule has 3 nitrogen and oxygen atoms in total. The van der Waals surface area contributed by atoms with Crippen molar-refractivity contribution >= 4 is 11.9 Å². The van der Waals surface area contributed by atoms with Crippen LogP contribution >= 0.6 is 0 Å². The summed E-state index contributed by atoms with van der Waals surface area (Å²) in [5, 5.41) is 0. The predicted octanol–water partition coefficient (Wildman–Crippen LogP) is 2.67. The quantitative estimate of drug-likeness (QED) is 0.515. The smallest absolute Gasteiger partial charge is 0.342 e. The molecule has 0 amide bonds. The van der Waals surface area contributed by atoms with Crippen molar-refractivity contribution < 1.29 is 14.3 Å². The molecule has 0 N–H and O–H groups in total. The van der Waals surface area contributed by atoms with Crippen LogP contribution in [0.3, 0.4) is 0 Å². The van der Waals surface area contributed by atoms with Crippen LogP contribution in [-0.4, -0.2) is 11.9 Å². The van der Waals surface area contributed by atoms with Gasteiger partial charge in [0.25, 0.3) is 0 Å². The number of rotatable bonds is 1. The minimum Gasteiger partial charge on any atom is -0.389 e. The van der Waals surface area contributed by atoms with Crippen molar-refractivity contribution in [3.05, 3.63) is 22.8 Å². The maximum absolute atomic E-state index is 11.7. The van der Waals surface area contributed by atoms with Crippen LogP contribution in [0, 0.1) is 5.92 Å². The van der Waals surface area contributed by atoms with E-state index in [0.29, 0.717) is 5.57 Å². The zero-order chi connectivity index (χ0) is 11.8. The van der Waals surface area contributed by atoms with Crippen molar-refractivity contribution in [2.24, 2.45) is 5.92 Å². The highest BCUT2D eigenvalue weighted by molar-refractivity contribution is 6.08. The first-order chi connectivity index (χ1) is 8.27. The average molecular weight is 232 g/mol. The average Bonchev–Trinajstić information content (AvgIpc) is 2.66. The van der Waals surface area contributed by atoms with Gasteiger partial charge in [-0.3, -0.25) is 4.79 Å². The fourth-order valence-electron chi connectivity index (χ4n) is 3.14. The molecule has 1 heterocycles. The molecule has 0 aromatic heterocycles. The Morgan fingerprint density at radius 3 is 2.76 bits per heavy atom. The summed E-state index contributed by atoms with van der Waals surface area (Å²) >= 11 is 0. The predicted molar refractivity (Wildman–Crippen MR) is 62.0 cm³/mol. The van der Waals surface area contributed by atoms with Crippen LogP contribution in [-0.2, 0) is 14.3 Å². The normalized spacial score (nSPS) is 28.9. The first-order valence-corrected chi connectivity index (χ1v) is 6.46. The zero-order valence-corrected chi connectivity index (χ0v) is 9.83. The molecule has 90 valence electrons. The lowest BCUT2D eigenvalue weighted by molar-refractivity contribution is -0.152. The molecule has 1 saturated heterocycles. The van der Waals surface area contributed by atoms with Gasteiger partial charge in [0.2, 0.25) is 0 Å². The standard InChI is InChI=1S/C14H16O3/c15-13-11-8-4-7-10(12(11)14(16)17-13)9-5-2-1-3-6-9/h5,11H,1-4,6-8H2. The number of hydrogen-bond acceptors (Lipinski definition) is 3. The van der Waals surface area contributed by atoms with Gasteiger partial charge in [0, 0.05) is 0 Å². The zero-order valence-electron chi connectivity index (χ0n) is 9.83. The van der Waals surface area contributed by atoms with Crippen molar-refractivity contribution in [2.45, 2.75) is 44.9 Å². The summed E-state index contributed by atoms with van der Waals surface area (Å²) in [6.45, 7) is 0. The Hall–Kier alpha value is -1.38. The molecule has 3 aliphatic rings. The minimum absolute atomic E-state index is 0.269. The summed E-state index contributed by atoms with van der Waals surface area (Å²) in [7, 11) is 0. The molecule has 1 atom stereocenters. The van der Waals surface area contributed by atoms with Crippen LogP contribution < -0.4 is 0 Å². The molecule has 17 heavy (non-hydrogen) atoms. The van der Waals surface area contributed by atoms with Gasteiger partial charge in [0.15, 0.2) is 0 Å². The van der Waals surface area contributed by atoms with E-state index in [1.54, 1.807) is 0 Å². The van der Waals surface area contributed by atoms with E-state index in [4.69, 9.17) is 4.74 Å². The first kappa shape index (κ1) is 10.8. The molecule has 0 bridgehead atoms. The van der Waals surface area contributed by atoms with Crippen LogP contribution in [0.2, 0.25) is 0 Å². The Morgan fingerprint density at radius 1 is 1.12 bits per heavy atom. The van der Waals surface area contributed by atoms with Gasteiger partial charge >= 0.3 is 11.9 Å². The summed E-state index contributed by atoms with van der Waals surface area (Å²) in [5.74, 6) is -0.992. The highest BCUT2D eigenvalue weighted by Crippen LogP contribution is 2.41. The number of cyclic esters (lactones) is 2. The van der Waals surface area contributed by atoms with Gasteiger partial charge in [-0.2, -0.15) is 0 Å². The number of allylic oxidation sites excluding steroid dienone is 3. The van der Waals surface area contributed by atoms with E-state index < -0.39 is 0 Å². The summed E-state index contributed by atoms with van der Waals surface area (Å²) in [5.41, 5.74) is 3.09. The lowest BCUT2D eigenvalue weighted by atomic mass is 9.79.